The third-order valence-electron chi connectivity index (χ3n) is 21.4. The van der Waals surface area contributed by atoms with Gasteiger partial charge in [-0.1, -0.05) is 340 Å². The fraction of sp³-hybridized carbons (Fsp3) is 0.202. The molecule has 0 bridgehead atoms. The van der Waals surface area contributed by atoms with Crippen LogP contribution in [0.25, 0.3) is 93.9 Å². The molecule has 0 unspecified atom stereocenters. The molecule has 0 atom stereocenters. The van der Waals surface area contributed by atoms with Gasteiger partial charge in [-0.3, -0.25) is 0 Å². The topological polar surface area (TPSA) is 10.8 Å². The first-order valence-electron chi connectivity index (χ1n) is 36.7. The number of nitrogens with zero attached hydrogens (tertiary/aromatic N) is 3. The maximum atomic E-state index is 8.04. The van der Waals surface area contributed by atoms with Crippen LogP contribution in [0.15, 0.2) is 285 Å². The standard InChI is InChI=1S/C99H92BN3/c1-95(2,3)76-40-26-36-70(52-76)82-56-74(66-34-24-19-25-35-66)57-83(71-37-27-41-77(53-71)96(4,5)6)93(82)102-88-50-46-68(64-30-20-17-21-31-64)60-86(88)100-87-61-69(65-32-22-18-23-33-65)47-51-89(87)103(91-63-80(99(13,14)15)62-90(102)92(91)100)94-84(72-38-28-42-78(54-72)97(7,8)9)58-75(67-44-48-81(101-16)49-45-67)59-85(94)73-39-29-43-79(55-73)98(10,11)12/h17-63H,1-15H3. The third-order valence-corrected chi connectivity index (χ3v) is 21.4. The lowest BCUT2D eigenvalue weighted by Crippen LogP contribution is -2.61. The molecule has 0 aromatic heterocycles. The SMILES string of the molecule is [C-]#[N+]c1ccc(-c2cc(-c3cccc(C(C)(C)C)c3)c(N3c4ccc(-c5ccccc5)cc4B4c5cc(-c6ccccc6)ccc5N(c5c(-c6cccc(C(C)(C)C)c6)cc(-c6ccccc6)cc5-c5cccc(C(C)(C)C)c5)c5cc(C(C)(C)C)cc3c54)c(-c3cccc(C(C)(C)C)c3)c2)cc1. The van der Waals surface area contributed by atoms with Crippen molar-refractivity contribution < 1.29 is 0 Å². The average molecular weight is 1330 g/mol. The third kappa shape index (κ3) is 12.8. The van der Waals surface area contributed by atoms with Crippen molar-refractivity contribution in [1.82, 2.24) is 0 Å². The molecular formula is C99H92BN3. The molecule has 103 heavy (non-hydrogen) atoms. The number of hydrogen-bond acceptors (Lipinski definition) is 2. The molecule has 0 amide bonds. The monoisotopic (exact) mass is 1330 g/mol. The zero-order chi connectivity index (χ0) is 72.1. The lowest BCUT2D eigenvalue weighted by Gasteiger charge is -2.46. The van der Waals surface area contributed by atoms with Crippen molar-refractivity contribution in [2.24, 2.45) is 0 Å². The van der Waals surface area contributed by atoms with Crippen LogP contribution in [0.1, 0.15) is 132 Å². The van der Waals surface area contributed by atoms with Gasteiger partial charge in [-0.05, 0) is 187 Å². The Morgan fingerprint density at radius 3 is 0.825 bits per heavy atom. The first-order chi connectivity index (χ1) is 49.2. The number of anilines is 6. The Labute approximate surface area is 613 Å². The van der Waals surface area contributed by atoms with Crippen molar-refractivity contribution >= 4 is 62.9 Å². The molecule has 2 aliphatic heterocycles. The highest BCUT2D eigenvalue weighted by molar-refractivity contribution is 7.00. The zero-order valence-electron chi connectivity index (χ0n) is 62.6. The van der Waals surface area contributed by atoms with Gasteiger partial charge in [-0.25, -0.2) is 4.85 Å². The van der Waals surface area contributed by atoms with Crippen LogP contribution < -0.4 is 26.2 Å². The second-order valence-corrected chi connectivity index (χ2v) is 33.7. The average Bonchev–Trinajstić information content (AvgIpc) is 0.686. The van der Waals surface area contributed by atoms with Crippen molar-refractivity contribution in [2.75, 3.05) is 9.80 Å². The van der Waals surface area contributed by atoms with Crippen LogP contribution in [0, 0.1) is 6.57 Å². The molecule has 0 N–H and O–H groups in total. The lowest BCUT2D eigenvalue weighted by molar-refractivity contribution is 0.590. The Hall–Kier alpha value is -11.0. The summed E-state index contributed by atoms with van der Waals surface area (Å²) in [6.07, 6.45) is 0. The van der Waals surface area contributed by atoms with E-state index in [0.717, 1.165) is 118 Å². The molecule has 0 aliphatic carbocycles. The van der Waals surface area contributed by atoms with Gasteiger partial charge in [-0.15, -0.1) is 0 Å². The van der Waals surface area contributed by atoms with Gasteiger partial charge in [-0.2, -0.15) is 0 Å². The van der Waals surface area contributed by atoms with Crippen molar-refractivity contribution in [3.63, 3.8) is 0 Å². The van der Waals surface area contributed by atoms with E-state index in [1.54, 1.807) is 0 Å². The van der Waals surface area contributed by atoms with Gasteiger partial charge >= 0.3 is 0 Å². The van der Waals surface area contributed by atoms with Crippen LogP contribution in [0.3, 0.4) is 0 Å². The van der Waals surface area contributed by atoms with Gasteiger partial charge in [0.15, 0.2) is 5.69 Å². The van der Waals surface area contributed by atoms with Crippen LogP contribution in [0.5, 0.6) is 0 Å². The molecule has 2 aliphatic rings. The summed E-state index contributed by atoms with van der Waals surface area (Å²) in [5, 5.41) is 0. The van der Waals surface area contributed by atoms with E-state index in [1.807, 2.05) is 12.1 Å². The molecule has 15 rings (SSSR count). The summed E-state index contributed by atoms with van der Waals surface area (Å²) in [5.41, 5.74) is 34.6. The van der Waals surface area contributed by atoms with E-state index in [1.165, 1.54) is 49.8 Å². The summed E-state index contributed by atoms with van der Waals surface area (Å²) in [6, 6.07) is 108. The van der Waals surface area contributed by atoms with E-state index < -0.39 is 0 Å². The molecule has 506 valence electrons. The Kier molecular flexibility index (Phi) is 17.0. The van der Waals surface area contributed by atoms with Gasteiger partial charge in [0.05, 0.1) is 17.9 Å². The maximum Gasteiger partial charge on any atom is 0.252 e. The summed E-state index contributed by atoms with van der Waals surface area (Å²) in [4.78, 5) is 9.31. The number of rotatable bonds is 10. The zero-order valence-corrected chi connectivity index (χ0v) is 62.6. The summed E-state index contributed by atoms with van der Waals surface area (Å²) in [6.45, 7) is 42.9. The molecule has 13 aromatic carbocycles. The van der Waals surface area contributed by atoms with Crippen LogP contribution >= 0.6 is 0 Å². The Morgan fingerprint density at radius 1 is 0.243 bits per heavy atom. The fourth-order valence-corrected chi connectivity index (χ4v) is 15.5. The number of hydrogen-bond donors (Lipinski definition) is 0. The molecule has 0 spiro atoms. The minimum Gasteiger partial charge on any atom is -0.310 e. The fourth-order valence-electron chi connectivity index (χ4n) is 15.5. The van der Waals surface area contributed by atoms with E-state index in [-0.39, 0.29) is 33.8 Å². The molecule has 0 saturated heterocycles. The van der Waals surface area contributed by atoms with E-state index in [0.29, 0.717) is 5.69 Å². The molecule has 4 heteroatoms. The smallest absolute Gasteiger partial charge is 0.252 e. The van der Waals surface area contributed by atoms with E-state index >= 15 is 0 Å². The minimum atomic E-state index is -0.340. The molecule has 13 aromatic rings. The number of benzene rings is 13. The predicted octanol–water partition coefficient (Wildman–Crippen LogP) is 26.1. The number of fused-ring (bicyclic) bond motifs is 4. The Bertz CT molecular complexity index is 5310. The van der Waals surface area contributed by atoms with E-state index in [4.69, 9.17) is 6.57 Å². The summed E-state index contributed by atoms with van der Waals surface area (Å²) in [5.74, 6) is 0. The van der Waals surface area contributed by atoms with E-state index in [2.05, 4.69) is 391 Å². The molecule has 3 nitrogen and oxygen atoms in total. The minimum absolute atomic E-state index is 0.132. The highest BCUT2D eigenvalue weighted by atomic mass is 15.2. The van der Waals surface area contributed by atoms with Gasteiger partial charge < -0.3 is 9.80 Å². The van der Waals surface area contributed by atoms with Crippen LogP contribution in [-0.2, 0) is 27.1 Å². The van der Waals surface area contributed by atoms with Crippen LogP contribution in [0.2, 0.25) is 0 Å². The summed E-state index contributed by atoms with van der Waals surface area (Å²) in [7, 11) is 0. The summed E-state index contributed by atoms with van der Waals surface area (Å²) >= 11 is 0. The quantitative estimate of drug-likeness (QED) is 0.0998. The first kappa shape index (κ1) is 67.8. The van der Waals surface area contributed by atoms with E-state index in [9.17, 15) is 0 Å². The first-order valence-corrected chi connectivity index (χ1v) is 36.7. The Balaban J connectivity index is 1.16. The molecule has 0 saturated carbocycles. The van der Waals surface area contributed by atoms with Gasteiger partial charge in [0.1, 0.15) is 0 Å². The molecule has 0 fully saturated rings. The maximum absolute atomic E-state index is 8.04. The second kappa shape index (κ2) is 25.8. The van der Waals surface area contributed by atoms with Crippen molar-refractivity contribution in [3.8, 4) is 89.0 Å². The lowest BCUT2D eigenvalue weighted by atomic mass is 9.33. The predicted molar refractivity (Wildman–Crippen MR) is 444 cm³/mol. The van der Waals surface area contributed by atoms with Gasteiger partial charge in [0.2, 0.25) is 0 Å². The molecule has 2 heterocycles. The van der Waals surface area contributed by atoms with Gasteiger partial charge in [0.25, 0.3) is 6.71 Å². The molecular weight excluding hydrogens is 1240 g/mol. The normalized spacial score (nSPS) is 12.9. The highest BCUT2D eigenvalue weighted by Crippen LogP contribution is 2.56. The molecule has 0 radical (unpaired) electrons. The van der Waals surface area contributed by atoms with Crippen LogP contribution in [-0.4, -0.2) is 6.71 Å². The summed E-state index contributed by atoms with van der Waals surface area (Å²) < 4.78 is 0. The highest BCUT2D eigenvalue weighted by Gasteiger charge is 2.46. The second-order valence-electron chi connectivity index (χ2n) is 33.7. The van der Waals surface area contributed by atoms with Crippen LogP contribution in [0.4, 0.5) is 39.8 Å². The van der Waals surface area contributed by atoms with Gasteiger partial charge in [0, 0.05) is 45.0 Å². The van der Waals surface area contributed by atoms with Crippen molar-refractivity contribution in [1.29, 1.82) is 0 Å². The van der Waals surface area contributed by atoms with Crippen molar-refractivity contribution in [2.45, 2.75) is 131 Å². The van der Waals surface area contributed by atoms with Crippen molar-refractivity contribution in [3.05, 3.63) is 324 Å². The largest absolute Gasteiger partial charge is 0.310 e. The Morgan fingerprint density at radius 2 is 0.524 bits per heavy atom.